The van der Waals surface area contributed by atoms with Crippen molar-refractivity contribution in [3.05, 3.63) is 18.2 Å². The summed E-state index contributed by atoms with van der Waals surface area (Å²) in [7, 11) is -2.72. The fraction of sp³-hybridized carbons (Fsp3) is 0.500. The lowest BCUT2D eigenvalue weighted by Gasteiger charge is -2.11. The molecule has 0 amide bonds. The van der Waals surface area contributed by atoms with Crippen LogP contribution in [0.5, 0.6) is 0 Å². The van der Waals surface area contributed by atoms with Crippen LogP contribution in [0.4, 0.5) is 0 Å². The van der Waals surface area contributed by atoms with Crippen LogP contribution < -0.4 is 4.72 Å². The number of imidazole rings is 1. The second-order valence-corrected chi connectivity index (χ2v) is 5.99. The van der Waals surface area contributed by atoms with E-state index < -0.39 is 27.2 Å². The minimum Gasteiger partial charge on any atom is -0.476 e. The molecule has 10 heteroatoms. The Labute approximate surface area is 115 Å². The van der Waals surface area contributed by atoms with Crippen LogP contribution in [0.15, 0.2) is 12.5 Å². The number of carboxylic acid groups (broad SMARTS) is 1. The maximum absolute atomic E-state index is 11.7. The van der Waals surface area contributed by atoms with Crippen LogP contribution >= 0.6 is 0 Å². The molecule has 1 atom stereocenters. The molecular weight excluding hydrogens is 290 g/mol. The maximum atomic E-state index is 11.7. The van der Waals surface area contributed by atoms with Gasteiger partial charge in [0.2, 0.25) is 10.0 Å². The molecule has 112 valence electrons. The number of sulfonamides is 1. The molecule has 0 radical (unpaired) electrons. The molecule has 0 aliphatic carbocycles. The number of aromatic nitrogens is 2. The number of hydrogen-bond donors (Lipinski definition) is 2. The molecule has 0 saturated carbocycles. The Bertz CT molecular complexity index is 594. The average molecular weight is 305 g/mol. The van der Waals surface area contributed by atoms with Crippen molar-refractivity contribution in [1.82, 2.24) is 14.3 Å². The molecular formula is C10H15N3O6S. The first-order valence-electron chi connectivity index (χ1n) is 5.59. The largest absolute Gasteiger partial charge is 0.476 e. The highest BCUT2D eigenvalue weighted by atomic mass is 32.2. The lowest BCUT2D eigenvalue weighted by Crippen LogP contribution is -2.39. The van der Waals surface area contributed by atoms with E-state index in [4.69, 9.17) is 5.11 Å². The highest BCUT2D eigenvalue weighted by Crippen LogP contribution is 2.01. The van der Waals surface area contributed by atoms with Crippen LogP contribution in [-0.4, -0.2) is 53.9 Å². The number of ether oxygens (including phenoxy) is 1. The number of aromatic carboxylic acids is 1. The summed E-state index contributed by atoms with van der Waals surface area (Å²) < 4.78 is 31.4. The summed E-state index contributed by atoms with van der Waals surface area (Å²) in [5.74, 6) is -2.02. The second kappa shape index (κ2) is 6.48. The van der Waals surface area contributed by atoms with Crippen LogP contribution in [0.3, 0.4) is 0 Å². The number of nitrogens with one attached hydrogen (secondary N) is 1. The number of rotatable bonds is 7. The SMILES string of the molecule is COC(=O)C(C)S(=O)(=O)NCCn1cnc(C(=O)O)c1. The summed E-state index contributed by atoms with van der Waals surface area (Å²) in [6.45, 7) is 1.40. The Morgan fingerprint density at radius 1 is 1.55 bits per heavy atom. The molecule has 0 bridgehead atoms. The van der Waals surface area contributed by atoms with E-state index >= 15 is 0 Å². The Morgan fingerprint density at radius 3 is 2.70 bits per heavy atom. The second-order valence-electron chi connectivity index (χ2n) is 3.91. The number of hydrogen-bond acceptors (Lipinski definition) is 6. The van der Waals surface area contributed by atoms with E-state index in [0.717, 1.165) is 7.11 Å². The standard InChI is InChI=1S/C10H15N3O6S/c1-7(10(16)19-2)20(17,18)12-3-4-13-5-8(9(14)15)11-6-13/h5-7,12H,3-4H2,1-2H3,(H,14,15). The molecule has 0 aliphatic rings. The van der Waals surface area contributed by atoms with Crippen molar-refractivity contribution < 1.29 is 27.9 Å². The van der Waals surface area contributed by atoms with Crippen molar-refractivity contribution >= 4 is 22.0 Å². The zero-order valence-electron chi connectivity index (χ0n) is 10.9. The predicted molar refractivity (Wildman–Crippen MR) is 67.6 cm³/mol. The van der Waals surface area contributed by atoms with Gasteiger partial charge in [-0.25, -0.2) is 22.9 Å². The van der Waals surface area contributed by atoms with Crippen LogP contribution in [0.25, 0.3) is 0 Å². The molecule has 1 aromatic heterocycles. The number of nitrogens with zero attached hydrogens (tertiary/aromatic N) is 2. The molecule has 0 spiro atoms. The Balaban J connectivity index is 2.54. The van der Waals surface area contributed by atoms with E-state index in [-0.39, 0.29) is 18.8 Å². The smallest absolute Gasteiger partial charge is 0.356 e. The number of esters is 1. The molecule has 0 aromatic carbocycles. The number of carbonyl (C=O) groups excluding carboxylic acids is 1. The third-order valence-corrected chi connectivity index (χ3v) is 4.25. The summed E-state index contributed by atoms with van der Waals surface area (Å²) in [5, 5.41) is 7.36. The van der Waals surface area contributed by atoms with Gasteiger partial charge in [-0.2, -0.15) is 0 Å². The van der Waals surface area contributed by atoms with Gasteiger partial charge >= 0.3 is 11.9 Å². The summed E-state index contributed by atoms with van der Waals surface area (Å²) in [6, 6.07) is 0. The highest BCUT2D eigenvalue weighted by molar-refractivity contribution is 7.90. The van der Waals surface area contributed by atoms with Crippen molar-refractivity contribution in [2.24, 2.45) is 0 Å². The summed E-state index contributed by atoms with van der Waals surface area (Å²) >= 11 is 0. The summed E-state index contributed by atoms with van der Waals surface area (Å²) in [4.78, 5) is 25.4. The van der Waals surface area contributed by atoms with Crippen molar-refractivity contribution in [2.75, 3.05) is 13.7 Å². The third kappa shape index (κ3) is 4.03. The van der Waals surface area contributed by atoms with Crippen LogP contribution in [-0.2, 0) is 26.1 Å². The molecule has 1 heterocycles. The maximum Gasteiger partial charge on any atom is 0.356 e. The lowest BCUT2D eigenvalue weighted by atomic mass is 10.5. The molecule has 20 heavy (non-hydrogen) atoms. The molecule has 0 fully saturated rings. The van der Waals surface area contributed by atoms with E-state index in [1.807, 2.05) is 0 Å². The first kappa shape index (κ1) is 16.1. The topological polar surface area (TPSA) is 128 Å². The Hall–Kier alpha value is -1.94. The van der Waals surface area contributed by atoms with Gasteiger partial charge in [-0.05, 0) is 6.92 Å². The Morgan fingerprint density at radius 2 is 2.20 bits per heavy atom. The fourth-order valence-corrected chi connectivity index (χ4v) is 2.30. The van der Waals surface area contributed by atoms with Gasteiger partial charge in [0.15, 0.2) is 10.9 Å². The highest BCUT2D eigenvalue weighted by Gasteiger charge is 2.28. The molecule has 1 aromatic rings. The zero-order chi connectivity index (χ0) is 15.3. The summed E-state index contributed by atoms with van der Waals surface area (Å²) in [5.41, 5.74) is -0.129. The first-order valence-corrected chi connectivity index (χ1v) is 7.14. The minimum atomic E-state index is -3.83. The van der Waals surface area contributed by atoms with Crippen molar-refractivity contribution in [2.45, 2.75) is 18.7 Å². The molecule has 2 N–H and O–H groups in total. The van der Waals surface area contributed by atoms with Gasteiger partial charge in [-0.3, -0.25) is 4.79 Å². The van der Waals surface area contributed by atoms with E-state index in [2.05, 4.69) is 14.4 Å². The molecule has 9 nitrogen and oxygen atoms in total. The quantitative estimate of drug-likeness (QED) is 0.622. The van der Waals surface area contributed by atoms with Gasteiger partial charge in [0.05, 0.1) is 13.4 Å². The summed E-state index contributed by atoms with van der Waals surface area (Å²) in [6.07, 6.45) is 2.56. The number of carbonyl (C=O) groups is 2. The van der Waals surface area contributed by atoms with Gasteiger partial charge in [-0.15, -0.1) is 0 Å². The Kier molecular flexibility index (Phi) is 5.22. The van der Waals surface area contributed by atoms with Gasteiger partial charge in [0.25, 0.3) is 0 Å². The molecule has 0 aliphatic heterocycles. The molecule has 1 rings (SSSR count). The van der Waals surface area contributed by atoms with Crippen molar-refractivity contribution in [3.8, 4) is 0 Å². The molecule has 0 saturated heterocycles. The average Bonchev–Trinajstić information content (AvgIpc) is 2.85. The number of methoxy groups -OCH3 is 1. The van der Waals surface area contributed by atoms with Gasteiger partial charge in [0.1, 0.15) is 0 Å². The van der Waals surface area contributed by atoms with Crippen molar-refractivity contribution in [3.63, 3.8) is 0 Å². The zero-order valence-corrected chi connectivity index (χ0v) is 11.8. The monoisotopic (exact) mass is 305 g/mol. The van der Waals surface area contributed by atoms with Crippen LogP contribution in [0.2, 0.25) is 0 Å². The number of carboxylic acids is 1. The fourth-order valence-electron chi connectivity index (χ4n) is 1.33. The van der Waals surface area contributed by atoms with E-state index in [9.17, 15) is 18.0 Å². The van der Waals surface area contributed by atoms with E-state index in [1.165, 1.54) is 24.0 Å². The van der Waals surface area contributed by atoms with Gasteiger partial charge in [-0.1, -0.05) is 0 Å². The third-order valence-electron chi connectivity index (χ3n) is 2.52. The van der Waals surface area contributed by atoms with E-state index in [0.29, 0.717) is 0 Å². The lowest BCUT2D eigenvalue weighted by molar-refractivity contribution is -0.139. The van der Waals surface area contributed by atoms with Crippen LogP contribution in [0.1, 0.15) is 17.4 Å². The molecule has 1 unspecified atom stereocenters. The first-order chi connectivity index (χ1) is 9.27. The van der Waals surface area contributed by atoms with Gasteiger partial charge in [0, 0.05) is 19.3 Å². The normalized spacial score (nSPS) is 12.9. The van der Waals surface area contributed by atoms with Crippen LogP contribution in [0, 0.1) is 0 Å². The van der Waals surface area contributed by atoms with Gasteiger partial charge < -0.3 is 14.4 Å². The van der Waals surface area contributed by atoms with Crippen molar-refractivity contribution in [1.29, 1.82) is 0 Å². The predicted octanol–water partition coefficient (Wildman–Crippen LogP) is -0.938. The van der Waals surface area contributed by atoms with E-state index in [1.54, 1.807) is 0 Å². The minimum absolute atomic E-state index is 0.000906.